The SMILES string of the molecule is CSCCC(N)c1nnc2cnccn12. The quantitative estimate of drug-likeness (QED) is 0.833. The van der Waals surface area contributed by atoms with Crippen LogP contribution in [0.5, 0.6) is 0 Å². The number of hydrogen-bond acceptors (Lipinski definition) is 5. The summed E-state index contributed by atoms with van der Waals surface area (Å²) < 4.78 is 1.89. The molecule has 1 atom stereocenters. The lowest BCUT2D eigenvalue weighted by molar-refractivity contribution is 0.645. The molecule has 0 aliphatic rings. The molecule has 0 amide bonds. The lowest BCUT2D eigenvalue weighted by Crippen LogP contribution is -2.14. The van der Waals surface area contributed by atoms with E-state index in [0.29, 0.717) is 0 Å². The van der Waals surface area contributed by atoms with Crippen molar-refractivity contribution in [1.82, 2.24) is 19.6 Å². The van der Waals surface area contributed by atoms with Crippen LogP contribution >= 0.6 is 11.8 Å². The zero-order valence-electron chi connectivity index (χ0n) is 8.50. The van der Waals surface area contributed by atoms with Gasteiger partial charge in [0.2, 0.25) is 0 Å². The summed E-state index contributed by atoms with van der Waals surface area (Å²) in [6.07, 6.45) is 8.20. The largest absolute Gasteiger partial charge is 0.321 e. The van der Waals surface area contributed by atoms with E-state index in [2.05, 4.69) is 21.4 Å². The van der Waals surface area contributed by atoms with E-state index >= 15 is 0 Å². The van der Waals surface area contributed by atoms with Gasteiger partial charge in [0.05, 0.1) is 12.2 Å². The second kappa shape index (κ2) is 4.59. The third kappa shape index (κ3) is 2.10. The molecule has 0 spiro atoms. The van der Waals surface area contributed by atoms with Gasteiger partial charge in [-0.05, 0) is 18.4 Å². The molecule has 5 nitrogen and oxygen atoms in total. The van der Waals surface area contributed by atoms with Gasteiger partial charge < -0.3 is 5.73 Å². The predicted octanol–water partition coefficient (Wildman–Crippen LogP) is 0.877. The first-order valence-electron chi connectivity index (χ1n) is 4.72. The van der Waals surface area contributed by atoms with E-state index in [4.69, 9.17) is 5.73 Å². The van der Waals surface area contributed by atoms with Gasteiger partial charge in [-0.2, -0.15) is 11.8 Å². The van der Waals surface area contributed by atoms with E-state index in [1.165, 1.54) is 0 Å². The summed E-state index contributed by atoms with van der Waals surface area (Å²) in [5.41, 5.74) is 6.78. The summed E-state index contributed by atoms with van der Waals surface area (Å²) in [5, 5.41) is 8.10. The van der Waals surface area contributed by atoms with Gasteiger partial charge in [-0.1, -0.05) is 0 Å². The third-order valence-corrected chi connectivity index (χ3v) is 2.85. The molecule has 2 aromatic heterocycles. The van der Waals surface area contributed by atoms with Crippen molar-refractivity contribution in [3.63, 3.8) is 0 Å². The van der Waals surface area contributed by atoms with E-state index in [1.807, 2.05) is 10.6 Å². The molecule has 0 saturated heterocycles. The minimum Gasteiger partial charge on any atom is -0.321 e. The highest BCUT2D eigenvalue weighted by Gasteiger charge is 2.12. The summed E-state index contributed by atoms with van der Waals surface area (Å²) in [5.74, 6) is 1.84. The van der Waals surface area contributed by atoms with Crippen molar-refractivity contribution in [2.45, 2.75) is 12.5 Å². The molecule has 80 valence electrons. The molecular weight excluding hydrogens is 210 g/mol. The van der Waals surface area contributed by atoms with E-state index in [0.717, 1.165) is 23.6 Å². The van der Waals surface area contributed by atoms with Crippen LogP contribution in [-0.4, -0.2) is 31.6 Å². The van der Waals surface area contributed by atoms with Crippen LogP contribution in [-0.2, 0) is 0 Å². The van der Waals surface area contributed by atoms with Crippen LogP contribution in [0.15, 0.2) is 18.6 Å². The minimum atomic E-state index is -0.0603. The van der Waals surface area contributed by atoms with E-state index in [9.17, 15) is 0 Å². The van der Waals surface area contributed by atoms with E-state index in [1.54, 1.807) is 24.2 Å². The maximum atomic E-state index is 6.03. The van der Waals surface area contributed by atoms with Crippen LogP contribution in [0.1, 0.15) is 18.3 Å². The predicted molar refractivity (Wildman–Crippen MR) is 60.7 cm³/mol. The Hall–Kier alpha value is -1.14. The molecule has 0 aliphatic carbocycles. The maximum Gasteiger partial charge on any atom is 0.179 e. The van der Waals surface area contributed by atoms with E-state index < -0.39 is 0 Å². The second-order valence-electron chi connectivity index (χ2n) is 3.25. The minimum absolute atomic E-state index is 0.0603. The van der Waals surface area contributed by atoms with Crippen molar-refractivity contribution in [2.75, 3.05) is 12.0 Å². The Kier molecular flexibility index (Phi) is 3.17. The van der Waals surface area contributed by atoms with Crippen LogP contribution in [0, 0.1) is 0 Å². The number of thioether (sulfide) groups is 1. The van der Waals surface area contributed by atoms with Gasteiger partial charge in [0.15, 0.2) is 11.5 Å². The van der Waals surface area contributed by atoms with Crippen LogP contribution in [0.25, 0.3) is 5.65 Å². The van der Waals surface area contributed by atoms with Crippen LogP contribution in [0.3, 0.4) is 0 Å². The normalized spacial score (nSPS) is 13.2. The van der Waals surface area contributed by atoms with Gasteiger partial charge in [0, 0.05) is 12.4 Å². The number of aromatic nitrogens is 4. The molecular formula is C9H13N5S. The number of fused-ring (bicyclic) bond motifs is 1. The van der Waals surface area contributed by atoms with Gasteiger partial charge in [-0.3, -0.25) is 9.38 Å². The first-order valence-corrected chi connectivity index (χ1v) is 6.11. The van der Waals surface area contributed by atoms with Gasteiger partial charge >= 0.3 is 0 Å². The first-order chi connectivity index (χ1) is 7.33. The Balaban J connectivity index is 2.27. The number of nitrogens with two attached hydrogens (primary N) is 1. The summed E-state index contributed by atoms with van der Waals surface area (Å²) in [6, 6.07) is -0.0603. The molecule has 0 bridgehead atoms. The van der Waals surface area contributed by atoms with Crippen molar-refractivity contribution < 1.29 is 0 Å². The summed E-state index contributed by atoms with van der Waals surface area (Å²) in [6.45, 7) is 0. The zero-order chi connectivity index (χ0) is 10.7. The van der Waals surface area contributed by atoms with Crippen LogP contribution in [0.4, 0.5) is 0 Å². The standard InChI is InChI=1S/C9H13N5S/c1-15-5-2-7(10)9-13-12-8-6-11-3-4-14(8)9/h3-4,6-7H,2,5,10H2,1H3. The Morgan fingerprint density at radius 2 is 2.40 bits per heavy atom. The van der Waals surface area contributed by atoms with Crippen molar-refractivity contribution in [3.05, 3.63) is 24.4 Å². The Bertz CT molecular complexity index is 441. The molecule has 0 aromatic carbocycles. The molecule has 2 aromatic rings. The molecule has 0 radical (unpaired) electrons. The van der Waals surface area contributed by atoms with Crippen molar-refractivity contribution in [3.8, 4) is 0 Å². The highest BCUT2D eigenvalue weighted by molar-refractivity contribution is 7.98. The van der Waals surface area contributed by atoms with Gasteiger partial charge in [-0.25, -0.2) is 0 Å². The van der Waals surface area contributed by atoms with Gasteiger partial charge in [0.1, 0.15) is 0 Å². The molecule has 0 fully saturated rings. The van der Waals surface area contributed by atoms with Crippen LogP contribution < -0.4 is 5.73 Å². The lowest BCUT2D eigenvalue weighted by Gasteiger charge is -2.07. The Morgan fingerprint density at radius 3 is 3.20 bits per heavy atom. The van der Waals surface area contributed by atoms with Crippen molar-refractivity contribution in [2.24, 2.45) is 5.73 Å². The first kappa shape index (κ1) is 10.4. The highest BCUT2D eigenvalue weighted by atomic mass is 32.2. The Labute approximate surface area is 92.1 Å². The second-order valence-corrected chi connectivity index (χ2v) is 4.24. The average Bonchev–Trinajstić information content (AvgIpc) is 2.69. The smallest absolute Gasteiger partial charge is 0.179 e. The molecule has 0 aliphatic heterocycles. The number of nitrogens with zero attached hydrogens (tertiary/aromatic N) is 4. The van der Waals surface area contributed by atoms with Crippen molar-refractivity contribution >= 4 is 17.4 Å². The summed E-state index contributed by atoms with van der Waals surface area (Å²) in [7, 11) is 0. The highest BCUT2D eigenvalue weighted by Crippen LogP contribution is 2.14. The Morgan fingerprint density at radius 1 is 1.53 bits per heavy atom. The molecule has 2 heterocycles. The molecule has 15 heavy (non-hydrogen) atoms. The molecule has 6 heteroatoms. The molecule has 2 rings (SSSR count). The molecule has 2 N–H and O–H groups in total. The third-order valence-electron chi connectivity index (χ3n) is 2.20. The number of hydrogen-bond donors (Lipinski definition) is 1. The molecule has 0 saturated carbocycles. The van der Waals surface area contributed by atoms with E-state index in [-0.39, 0.29) is 6.04 Å². The van der Waals surface area contributed by atoms with Gasteiger partial charge in [0.25, 0.3) is 0 Å². The topological polar surface area (TPSA) is 69.1 Å². The fourth-order valence-corrected chi connectivity index (χ4v) is 1.89. The average molecular weight is 223 g/mol. The maximum absolute atomic E-state index is 6.03. The summed E-state index contributed by atoms with van der Waals surface area (Å²) in [4.78, 5) is 3.98. The van der Waals surface area contributed by atoms with Crippen molar-refractivity contribution in [1.29, 1.82) is 0 Å². The summed E-state index contributed by atoms with van der Waals surface area (Å²) >= 11 is 1.78. The number of rotatable bonds is 4. The lowest BCUT2D eigenvalue weighted by atomic mass is 10.2. The zero-order valence-corrected chi connectivity index (χ0v) is 9.31. The fourth-order valence-electron chi connectivity index (χ4n) is 1.40. The van der Waals surface area contributed by atoms with Gasteiger partial charge in [-0.15, -0.1) is 10.2 Å². The van der Waals surface area contributed by atoms with Crippen LogP contribution in [0.2, 0.25) is 0 Å². The fraction of sp³-hybridized carbons (Fsp3) is 0.444. The molecule has 1 unspecified atom stereocenters. The monoisotopic (exact) mass is 223 g/mol.